The Balaban J connectivity index is 1.12. The molecule has 4 heteroatoms. The molecule has 3 heterocycles. The van der Waals surface area contributed by atoms with Crippen molar-refractivity contribution in [3.63, 3.8) is 0 Å². The largest absolute Gasteiger partial charge is 0.311 e. The Morgan fingerprint density at radius 1 is 0.311 bits per heavy atom. The number of fused-ring (bicyclic) bond motifs is 7. The maximum Gasteiger partial charge on any atom is 0.252 e. The Morgan fingerprint density at radius 3 is 1.41 bits per heavy atom. The molecule has 74 heavy (non-hydrogen) atoms. The SMILES string of the molecule is CC(C)(C)c1ccccc1-c1ccc2c(c1)B1c3cc(-c4ccccc4)ccc3N(c3ccccc3-c3ccccc3)c3cc(-n4c5ccccc5c5ccccc54)cc(c31)N2c1ccc(-c2ccccc2)cc1. The molecule has 0 N–H and O–H groups in total. The highest BCUT2D eigenvalue weighted by Crippen LogP contribution is 2.49. The third kappa shape index (κ3) is 7.05. The van der Waals surface area contributed by atoms with E-state index in [9.17, 15) is 0 Å². The zero-order valence-corrected chi connectivity index (χ0v) is 41.7. The van der Waals surface area contributed by atoms with Crippen LogP contribution in [0, 0.1) is 0 Å². The van der Waals surface area contributed by atoms with Gasteiger partial charge >= 0.3 is 0 Å². The van der Waals surface area contributed by atoms with Crippen LogP contribution in [0.3, 0.4) is 0 Å². The van der Waals surface area contributed by atoms with Crippen molar-refractivity contribution in [2.75, 3.05) is 9.80 Å². The molecule has 0 saturated heterocycles. The third-order valence-corrected chi connectivity index (χ3v) is 15.5. The van der Waals surface area contributed by atoms with Crippen molar-refractivity contribution in [3.8, 4) is 50.2 Å². The summed E-state index contributed by atoms with van der Waals surface area (Å²) in [5.74, 6) is 0. The number of para-hydroxylation sites is 3. The average molecular weight is 946 g/mol. The van der Waals surface area contributed by atoms with E-state index in [-0.39, 0.29) is 12.1 Å². The predicted molar refractivity (Wildman–Crippen MR) is 315 cm³/mol. The van der Waals surface area contributed by atoms with Gasteiger partial charge in [-0.2, -0.15) is 0 Å². The number of aromatic nitrogens is 1. The van der Waals surface area contributed by atoms with Crippen LogP contribution < -0.4 is 26.2 Å². The summed E-state index contributed by atoms with van der Waals surface area (Å²) in [7, 11) is 0. The lowest BCUT2D eigenvalue weighted by Gasteiger charge is -2.45. The number of anilines is 6. The van der Waals surface area contributed by atoms with Crippen LogP contribution in [0.25, 0.3) is 72.0 Å². The number of rotatable bonds is 7. The summed E-state index contributed by atoms with van der Waals surface area (Å²) in [6.07, 6.45) is 0. The molecule has 0 bridgehead atoms. The van der Waals surface area contributed by atoms with E-state index < -0.39 is 0 Å². The molecule has 11 aromatic carbocycles. The molecule has 0 unspecified atom stereocenters. The second-order valence-electron chi connectivity index (χ2n) is 20.9. The van der Waals surface area contributed by atoms with Crippen molar-refractivity contribution in [1.82, 2.24) is 4.57 Å². The standard InChI is InChI=1S/C70H52BN3/c1-70(2,3)59-31-17-13-27-55(59)52-38-42-65-61(44-52)71-60-43-51(48-23-9-5-10-24-48)37-41-66(60)74(62-32-18-14-28-56(62)50-25-11-6-12-26-50)68-46-54(73-63-33-19-15-29-57(63)58-30-16-20-34-64(58)73)45-67(69(68)71)72(65)53-39-35-49(36-40-53)47-21-7-4-8-22-47/h4-46H,1-3H3. The van der Waals surface area contributed by atoms with E-state index in [2.05, 4.69) is 296 Å². The van der Waals surface area contributed by atoms with Gasteiger partial charge in [0, 0.05) is 44.8 Å². The van der Waals surface area contributed by atoms with E-state index in [0.717, 1.165) is 28.4 Å². The Labute approximate surface area is 434 Å². The average Bonchev–Trinajstić information content (AvgIpc) is 3.84. The fourth-order valence-electron chi connectivity index (χ4n) is 12.2. The number of benzene rings is 11. The summed E-state index contributed by atoms with van der Waals surface area (Å²) in [5, 5.41) is 2.47. The van der Waals surface area contributed by atoms with E-state index in [0.29, 0.717) is 0 Å². The quantitative estimate of drug-likeness (QED) is 0.148. The first kappa shape index (κ1) is 43.7. The van der Waals surface area contributed by atoms with Gasteiger partial charge in [-0.05, 0) is 121 Å². The Kier molecular flexibility index (Phi) is 10.2. The number of hydrogen-bond donors (Lipinski definition) is 0. The van der Waals surface area contributed by atoms with Crippen LogP contribution >= 0.6 is 0 Å². The van der Waals surface area contributed by atoms with Crippen molar-refractivity contribution in [2.45, 2.75) is 26.2 Å². The summed E-state index contributed by atoms with van der Waals surface area (Å²) in [6, 6.07) is 96.9. The highest BCUT2D eigenvalue weighted by Gasteiger charge is 2.44. The maximum atomic E-state index is 2.58. The molecule has 14 rings (SSSR count). The van der Waals surface area contributed by atoms with Gasteiger partial charge < -0.3 is 14.4 Å². The van der Waals surface area contributed by atoms with Gasteiger partial charge in [0.1, 0.15) is 0 Å². The fraction of sp³-hybridized carbons (Fsp3) is 0.0571. The number of hydrogen-bond acceptors (Lipinski definition) is 2. The molecule has 3 nitrogen and oxygen atoms in total. The van der Waals surface area contributed by atoms with Gasteiger partial charge in [-0.3, -0.25) is 0 Å². The molecule has 2 aliphatic heterocycles. The summed E-state index contributed by atoms with van der Waals surface area (Å²) in [6.45, 7) is 6.86. The molecular weight excluding hydrogens is 894 g/mol. The van der Waals surface area contributed by atoms with Crippen LogP contribution in [0.15, 0.2) is 261 Å². The number of nitrogens with zero attached hydrogens (tertiary/aromatic N) is 3. The molecule has 0 spiro atoms. The van der Waals surface area contributed by atoms with Gasteiger partial charge in [0.2, 0.25) is 0 Å². The van der Waals surface area contributed by atoms with Crippen LogP contribution in [0.5, 0.6) is 0 Å². The third-order valence-electron chi connectivity index (χ3n) is 15.5. The van der Waals surface area contributed by atoms with Gasteiger partial charge in [-0.25, -0.2) is 0 Å². The highest BCUT2D eigenvalue weighted by atomic mass is 15.2. The maximum absolute atomic E-state index is 2.58. The lowest BCUT2D eigenvalue weighted by molar-refractivity contribution is 0.592. The summed E-state index contributed by atoms with van der Waals surface area (Å²) in [4.78, 5) is 5.14. The molecule has 1 aromatic heterocycles. The monoisotopic (exact) mass is 945 g/mol. The molecule has 2 aliphatic rings. The molecule has 0 aliphatic carbocycles. The first-order chi connectivity index (χ1) is 36.4. The van der Waals surface area contributed by atoms with Crippen molar-refractivity contribution >= 4 is 79.0 Å². The molecule has 12 aromatic rings. The minimum atomic E-state index is -0.123. The van der Waals surface area contributed by atoms with Gasteiger partial charge in [-0.15, -0.1) is 0 Å². The van der Waals surface area contributed by atoms with Gasteiger partial charge in [0.25, 0.3) is 6.71 Å². The van der Waals surface area contributed by atoms with Crippen LogP contribution in [-0.2, 0) is 5.41 Å². The first-order valence-corrected chi connectivity index (χ1v) is 25.9. The van der Waals surface area contributed by atoms with Crippen LogP contribution in [0.2, 0.25) is 0 Å². The zero-order chi connectivity index (χ0) is 49.5. The van der Waals surface area contributed by atoms with E-state index >= 15 is 0 Å². The smallest absolute Gasteiger partial charge is 0.252 e. The first-order valence-electron chi connectivity index (χ1n) is 25.9. The normalized spacial score (nSPS) is 12.7. The topological polar surface area (TPSA) is 11.4 Å². The van der Waals surface area contributed by atoms with Crippen LogP contribution in [0.1, 0.15) is 26.3 Å². The second-order valence-corrected chi connectivity index (χ2v) is 20.9. The van der Waals surface area contributed by atoms with Crippen molar-refractivity contribution in [2.24, 2.45) is 0 Å². The van der Waals surface area contributed by atoms with E-state index in [4.69, 9.17) is 0 Å². The Bertz CT molecular complexity index is 4060. The van der Waals surface area contributed by atoms with E-state index in [1.54, 1.807) is 0 Å². The fourth-order valence-corrected chi connectivity index (χ4v) is 12.2. The molecular formula is C70H52BN3. The minimum absolute atomic E-state index is 0.0588. The van der Waals surface area contributed by atoms with Crippen molar-refractivity contribution in [1.29, 1.82) is 0 Å². The molecule has 0 saturated carbocycles. The van der Waals surface area contributed by atoms with Gasteiger partial charge in [0.05, 0.1) is 22.4 Å². The summed E-state index contributed by atoms with van der Waals surface area (Å²) < 4.78 is 2.49. The minimum Gasteiger partial charge on any atom is -0.311 e. The molecule has 0 amide bonds. The van der Waals surface area contributed by atoms with Crippen molar-refractivity contribution < 1.29 is 0 Å². The second kappa shape index (κ2) is 17.3. The van der Waals surface area contributed by atoms with Crippen molar-refractivity contribution in [3.05, 3.63) is 266 Å². The Hall–Kier alpha value is -9.12. The molecule has 0 atom stereocenters. The van der Waals surface area contributed by atoms with Gasteiger partial charge in [-0.1, -0.05) is 227 Å². The lowest BCUT2D eigenvalue weighted by atomic mass is 9.33. The predicted octanol–water partition coefficient (Wildman–Crippen LogP) is 16.8. The molecule has 350 valence electrons. The summed E-state index contributed by atoms with van der Waals surface area (Å²) in [5.41, 5.74) is 25.1. The lowest BCUT2D eigenvalue weighted by Crippen LogP contribution is -2.61. The molecule has 0 fully saturated rings. The van der Waals surface area contributed by atoms with E-state index in [1.165, 1.54) is 99.6 Å². The van der Waals surface area contributed by atoms with E-state index in [1.807, 2.05) is 0 Å². The zero-order valence-electron chi connectivity index (χ0n) is 41.7. The Morgan fingerprint density at radius 2 is 0.770 bits per heavy atom. The van der Waals surface area contributed by atoms with Crippen LogP contribution in [-0.4, -0.2) is 11.3 Å². The molecule has 0 radical (unpaired) electrons. The van der Waals surface area contributed by atoms with Crippen LogP contribution in [0.4, 0.5) is 34.1 Å². The summed E-state index contributed by atoms with van der Waals surface area (Å²) >= 11 is 0. The van der Waals surface area contributed by atoms with Gasteiger partial charge in [0.15, 0.2) is 0 Å². The highest BCUT2D eigenvalue weighted by molar-refractivity contribution is 7.00.